The molecule has 0 radical (unpaired) electrons. The first-order valence-corrected chi connectivity index (χ1v) is 6.82. The van der Waals surface area contributed by atoms with E-state index in [9.17, 15) is 0 Å². The molecule has 1 aromatic heterocycles. The van der Waals surface area contributed by atoms with Gasteiger partial charge in [-0.25, -0.2) is 4.98 Å². The number of nitrogens with zero attached hydrogens (tertiary/aromatic N) is 3. The fraction of sp³-hybridized carbons (Fsp3) is 0.385. The molecule has 18 heavy (non-hydrogen) atoms. The summed E-state index contributed by atoms with van der Waals surface area (Å²) in [4.78, 5) is 6.60. The van der Waals surface area contributed by atoms with Gasteiger partial charge in [0, 0.05) is 38.1 Å². The minimum Gasteiger partial charge on any atom is -0.346 e. The SMILES string of the molecule is CCc1nsc(N(C)Cc2ccccc2CN)n1. The quantitative estimate of drug-likeness (QED) is 0.897. The Morgan fingerprint density at radius 3 is 2.61 bits per heavy atom. The molecule has 0 amide bonds. The Morgan fingerprint density at radius 1 is 1.28 bits per heavy atom. The van der Waals surface area contributed by atoms with Gasteiger partial charge in [0.25, 0.3) is 0 Å². The van der Waals surface area contributed by atoms with E-state index >= 15 is 0 Å². The van der Waals surface area contributed by atoms with Crippen molar-refractivity contribution in [3.05, 3.63) is 41.2 Å². The molecule has 2 N–H and O–H groups in total. The highest BCUT2D eigenvalue weighted by Gasteiger charge is 2.09. The molecule has 0 aliphatic rings. The Bertz CT molecular complexity index is 509. The van der Waals surface area contributed by atoms with Crippen LogP contribution in [-0.2, 0) is 19.5 Å². The van der Waals surface area contributed by atoms with E-state index in [1.54, 1.807) is 0 Å². The third-order valence-electron chi connectivity index (χ3n) is 2.85. The Labute approximate surface area is 112 Å². The molecule has 2 rings (SSSR count). The largest absolute Gasteiger partial charge is 0.346 e. The van der Waals surface area contributed by atoms with Crippen LogP contribution in [0.25, 0.3) is 0 Å². The number of nitrogens with two attached hydrogens (primary N) is 1. The van der Waals surface area contributed by atoms with Crippen LogP contribution >= 0.6 is 11.5 Å². The lowest BCUT2D eigenvalue weighted by atomic mass is 10.1. The zero-order valence-corrected chi connectivity index (χ0v) is 11.6. The second kappa shape index (κ2) is 5.93. The molecule has 5 heteroatoms. The van der Waals surface area contributed by atoms with Gasteiger partial charge in [0.05, 0.1) is 0 Å². The predicted octanol–water partition coefficient (Wildman–Crippen LogP) is 2.20. The zero-order chi connectivity index (χ0) is 13.0. The second-order valence-electron chi connectivity index (χ2n) is 4.18. The van der Waals surface area contributed by atoms with Crippen molar-refractivity contribution in [1.82, 2.24) is 9.36 Å². The molecule has 0 unspecified atom stereocenters. The highest BCUT2D eigenvalue weighted by molar-refractivity contribution is 7.09. The molecule has 0 bridgehead atoms. The highest BCUT2D eigenvalue weighted by Crippen LogP contribution is 2.19. The molecule has 0 fully saturated rings. The Morgan fingerprint density at radius 2 is 2.00 bits per heavy atom. The summed E-state index contributed by atoms with van der Waals surface area (Å²) in [6.45, 7) is 3.45. The first-order chi connectivity index (χ1) is 8.74. The summed E-state index contributed by atoms with van der Waals surface area (Å²) >= 11 is 1.45. The molecule has 0 atom stereocenters. The van der Waals surface area contributed by atoms with Crippen molar-refractivity contribution < 1.29 is 0 Å². The van der Waals surface area contributed by atoms with Gasteiger partial charge in [0.2, 0.25) is 5.13 Å². The van der Waals surface area contributed by atoms with Gasteiger partial charge < -0.3 is 10.6 Å². The Hall–Kier alpha value is -1.46. The lowest BCUT2D eigenvalue weighted by Crippen LogP contribution is -2.18. The molecule has 0 spiro atoms. The van der Waals surface area contributed by atoms with Gasteiger partial charge >= 0.3 is 0 Å². The lowest BCUT2D eigenvalue weighted by Gasteiger charge is -2.17. The third-order valence-corrected chi connectivity index (χ3v) is 3.71. The van der Waals surface area contributed by atoms with Crippen molar-refractivity contribution in [2.24, 2.45) is 5.73 Å². The van der Waals surface area contributed by atoms with Crippen LogP contribution in [0, 0.1) is 0 Å². The molecule has 1 aromatic carbocycles. The summed E-state index contributed by atoms with van der Waals surface area (Å²) in [6.07, 6.45) is 0.879. The van der Waals surface area contributed by atoms with Crippen LogP contribution in [0.15, 0.2) is 24.3 Å². The maximum absolute atomic E-state index is 5.75. The third kappa shape index (κ3) is 2.86. The van der Waals surface area contributed by atoms with Gasteiger partial charge in [-0.1, -0.05) is 31.2 Å². The van der Waals surface area contributed by atoms with Crippen LogP contribution in [0.4, 0.5) is 5.13 Å². The normalized spacial score (nSPS) is 10.6. The monoisotopic (exact) mass is 262 g/mol. The average molecular weight is 262 g/mol. The Balaban J connectivity index is 2.13. The fourth-order valence-corrected chi connectivity index (χ4v) is 2.48. The molecule has 0 saturated carbocycles. The Kier molecular flexibility index (Phi) is 4.28. The summed E-state index contributed by atoms with van der Waals surface area (Å²) in [5, 5.41) is 0.957. The molecule has 1 heterocycles. The maximum Gasteiger partial charge on any atom is 0.205 e. The second-order valence-corrected chi connectivity index (χ2v) is 4.91. The number of hydrogen-bond donors (Lipinski definition) is 1. The van der Waals surface area contributed by atoms with Gasteiger partial charge in [-0.15, -0.1) is 0 Å². The van der Waals surface area contributed by atoms with Gasteiger partial charge in [-0.2, -0.15) is 4.37 Å². The van der Waals surface area contributed by atoms with E-state index in [1.165, 1.54) is 22.7 Å². The van der Waals surface area contributed by atoms with Crippen molar-refractivity contribution in [2.45, 2.75) is 26.4 Å². The summed E-state index contributed by atoms with van der Waals surface area (Å²) < 4.78 is 4.30. The summed E-state index contributed by atoms with van der Waals surface area (Å²) in [7, 11) is 2.03. The van der Waals surface area contributed by atoms with Crippen molar-refractivity contribution in [3.63, 3.8) is 0 Å². The van der Waals surface area contributed by atoms with E-state index in [1.807, 2.05) is 19.2 Å². The van der Waals surface area contributed by atoms with Gasteiger partial charge in [-0.05, 0) is 11.1 Å². The summed E-state index contributed by atoms with van der Waals surface area (Å²) in [5.74, 6) is 0.911. The van der Waals surface area contributed by atoms with Crippen molar-refractivity contribution in [1.29, 1.82) is 0 Å². The number of anilines is 1. The van der Waals surface area contributed by atoms with E-state index < -0.39 is 0 Å². The van der Waals surface area contributed by atoms with Crippen LogP contribution in [0.2, 0.25) is 0 Å². The van der Waals surface area contributed by atoms with E-state index in [2.05, 4.69) is 33.3 Å². The lowest BCUT2D eigenvalue weighted by molar-refractivity contribution is 0.878. The van der Waals surface area contributed by atoms with E-state index in [-0.39, 0.29) is 0 Å². The van der Waals surface area contributed by atoms with Gasteiger partial charge in [-0.3, -0.25) is 0 Å². The van der Waals surface area contributed by atoms with Crippen LogP contribution < -0.4 is 10.6 Å². The standard InChI is InChI=1S/C13H18N4S/c1-3-12-15-13(18-16-12)17(2)9-11-7-5-4-6-10(11)8-14/h4-7H,3,8-9,14H2,1-2H3. The molecule has 0 aliphatic heterocycles. The number of rotatable bonds is 5. The predicted molar refractivity (Wildman–Crippen MR) is 75.7 cm³/mol. The zero-order valence-electron chi connectivity index (χ0n) is 10.8. The minimum atomic E-state index is 0.570. The average Bonchev–Trinajstić information content (AvgIpc) is 2.88. The number of benzene rings is 1. The molecule has 4 nitrogen and oxygen atoms in total. The molecule has 0 aliphatic carbocycles. The van der Waals surface area contributed by atoms with Crippen molar-refractivity contribution in [3.8, 4) is 0 Å². The van der Waals surface area contributed by atoms with Crippen LogP contribution in [-0.4, -0.2) is 16.4 Å². The number of hydrogen-bond acceptors (Lipinski definition) is 5. The van der Waals surface area contributed by atoms with Gasteiger partial charge in [0.15, 0.2) is 0 Å². The molecular weight excluding hydrogens is 244 g/mol. The highest BCUT2D eigenvalue weighted by atomic mass is 32.1. The molecule has 2 aromatic rings. The van der Waals surface area contributed by atoms with Gasteiger partial charge in [0.1, 0.15) is 5.82 Å². The minimum absolute atomic E-state index is 0.570. The smallest absolute Gasteiger partial charge is 0.205 e. The van der Waals surface area contributed by atoms with Crippen molar-refractivity contribution in [2.75, 3.05) is 11.9 Å². The summed E-state index contributed by atoms with van der Waals surface area (Å²) in [6, 6.07) is 8.24. The van der Waals surface area contributed by atoms with E-state index in [4.69, 9.17) is 5.73 Å². The van der Waals surface area contributed by atoms with Crippen LogP contribution in [0.3, 0.4) is 0 Å². The first-order valence-electron chi connectivity index (χ1n) is 6.05. The van der Waals surface area contributed by atoms with E-state index in [0.29, 0.717) is 6.54 Å². The van der Waals surface area contributed by atoms with Crippen LogP contribution in [0.1, 0.15) is 23.9 Å². The molecular formula is C13H18N4S. The van der Waals surface area contributed by atoms with Crippen molar-refractivity contribution >= 4 is 16.7 Å². The van der Waals surface area contributed by atoms with Crippen LogP contribution in [0.5, 0.6) is 0 Å². The fourth-order valence-electron chi connectivity index (χ4n) is 1.78. The number of aryl methyl sites for hydroxylation is 1. The topological polar surface area (TPSA) is 55.0 Å². The maximum atomic E-state index is 5.75. The first kappa shape index (κ1) is 13.0. The number of aromatic nitrogens is 2. The summed E-state index contributed by atoms with van der Waals surface area (Å²) in [5.41, 5.74) is 8.18. The van der Waals surface area contributed by atoms with E-state index in [0.717, 1.165) is 23.9 Å². The molecule has 0 saturated heterocycles. The molecule has 96 valence electrons.